The van der Waals surface area contributed by atoms with E-state index in [1.54, 1.807) is 0 Å². The Morgan fingerprint density at radius 3 is 2.95 bits per heavy atom. The second-order valence-corrected chi connectivity index (χ2v) is 6.28. The summed E-state index contributed by atoms with van der Waals surface area (Å²) in [5.41, 5.74) is 4.43. The lowest BCUT2D eigenvalue weighted by atomic mass is 9.77. The summed E-state index contributed by atoms with van der Waals surface area (Å²) in [6.07, 6.45) is 5.08. The van der Waals surface area contributed by atoms with Gasteiger partial charge in [-0.3, -0.25) is 4.98 Å². The van der Waals surface area contributed by atoms with Crippen LogP contribution in [0.25, 0.3) is 16.5 Å². The highest BCUT2D eigenvalue weighted by molar-refractivity contribution is 6.21. The normalized spacial score (nSPS) is 20.8. The van der Waals surface area contributed by atoms with Gasteiger partial charge in [0.1, 0.15) is 0 Å². The van der Waals surface area contributed by atoms with Gasteiger partial charge >= 0.3 is 0 Å². The number of halogens is 1. The van der Waals surface area contributed by atoms with Crippen LogP contribution in [0.2, 0.25) is 0 Å². The number of nitrogens with zero attached hydrogens (tertiary/aromatic N) is 2. The molecule has 0 aliphatic heterocycles. The first-order chi connectivity index (χ1) is 10.2. The molecular weight excluding hydrogens is 280 g/mol. The summed E-state index contributed by atoms with van der Waals surface area (Å²) < 4.78 is 0. The Morgan fingerprint density at radius 2 is 2.24 bits per heavy atom. The molecule has 0 saturated heterocycles. The molecule has 0 radical (unpaired) electrons. The van der Waals surface area contributed by atoms with E-state index in [1.807, 2.05) is 12.3 Å². The van der Waals surface area contributed by atoms with Crippen molar-refractivity contribution in [2.24, 2.45) is 0 Å². The molecule has 1 aliphatic rings. The van der Waals surface area contributed by atoms with Crippen LogP contribution in [0.3, 0.4) is 0 Å². The maximum atomic E-state index is 8.73. The standard InChI is InChI=1S/C18H17ClN2/c1-12(4-2-6-20)13-10-17(14-8-15(19)9-14)16-5-3-7-21-18(16)11-13/h3,5,7,10-11,14-15H,1-2,4,8-9H2. The van der Waals surface area contributed by atoms with Gasteiger partial charge in [0.05, 0.1) is 11.6 Å². The Morgan fingerprint density at radius 1 is 1.43 bits per heavy atom. The third kappa shape index (κ3) is 2.80. The molecular formula is C18H17ClN2. The van der Waals surface area contributed by atoms with Crippen LogP contribution in [0.5, 0.6) is 0 Å². The SMILES string of the molecule is C=C(CCC#N)c1cc(C2CC(Cl)C2)c2cccnc2c1. The topological polar surface area (TPSA) is 36.7 Å². The van der Waals surface area contributed by atoms with E-state index in [4.69, 9.17) is 16.9 Å². The molecule has 2 nitrogen and oxygen atoms in total. The molecule has 1 fully saturated rings. The number of rotatable bonds is 4. The molecule has 1 aliphatic carbocycles. The van der Waals surface area contributed by atoms with Gasteiger partial charge in [0.2, 0.25) is 0 Å². The number of hydrogen-bond donors (Lipinski definition) is 0. The van der Waals surface area contributed by atoms with Crippen molar-refractivity contribution in [2.45, 2.75) is 37.0 Å². The average Bonchev–Trinajstić information content (AvgIpc) is 2.48. The van der Waals surface area contributed by atoms with E-state index >= 15 is 0 Å². The van der Waals surface area contributed by atoms with Gasteiger partial charge in [-0.15, -0.1) is 11.6 Å². The van der Waals surface area contributed by atoms with Crippen molar-refractivity contribution in [3.05, 3.63) is 48.2 Å². The number of hydrogen-bond acceptors (Lipinski definition) is 2. The van der Waals surface area contributed by atoms with Gasteiger partial charge in [-0.1, -0.05) is 18.7 Å². The Balaban J connectivity index is 2.03. The van der Waals surface area contributed by atoms with Gasteiger partial charge in [0, 0.05) is 23.4 Å². The highest BCUT2D eigenvalue weighted by Crippen LogP contribution is 2.43. The lowest BCUT2D eigenvalue weighted by Crippen LogP contribution is -2.22. The molecule has 1 heterocycles. The zero-order chi connectivity index (χ0) is 14.8. The van der Waals surface area contributed by atoms with Crippen LogP contribution >= 0.6 is 11.6 Å². The van der Waals surface area contributed by atoms with Crippen LogP contribution in [-0.4, -0.2) is 10.4 Å². The quantitative estimate of drug-likeness (QED) is 0.741. The summed E-state index contributed by atoms with van der Waals surface area (Å²) in [6.45, 7) is 4.12. The van der Waals surface area contributed by atoms with Crippen molar-refractivity contribution in [2.75, 3.05) is 0 Å². The van der Waals surface area contributed by atoms with Crippen molar-refractivity contribution < 1.29 is 0 Å². The summed E-state index contributed by atoms with van der Waals surface area (Å²) in [6, 6.07) is 10.6. The Hall–Kier alpha value is -1.85. The Kier molecular flexibility index (Phi) is 3.94. The predicted molar refractivity (Wildman–Crippen MR) is 87.2 cm³/mol. The van der Waals surface area contributed by atoms with E-state index in [0.717, 1.165) is 29.5 Å². The molecule has 0 N–H and O–H groups in total. The fourth-order valence-corrected chi connectivity index (χ4v) is 3.34. The van der Waals surface area contributed by atoms with Crippen molar-refractivity contribution in [1.82, 2.24) is 4.98 Å². The molecule has 3 heteroatoms. The highest BCUT2D eigenvalue weighted by Gasteiger charge is 2.30. The third-order valence-electron chi connectivity index (χ3n) is 4.22. The highest BCUT2D eigenvalue weighted by atomic mass is 35.5. The van der Waals surface area contributed by atoms with E-state index in [2.05, 4.69) is 35.8 Å². The number of nitriles is 1. The fraction of sp³-hybridized carbons (Fsp3) is 0.333. The number of alkyl halides is 1. The molecule has 1 aromatic carbocycles. The summed E-state index contributed by atoms with van der Waals surface area (Å²) in [4.78, 5) is 4.49. The molecule has 1 aromatic heterocycles. The predicted octanol–water partition coefficient (Wildman–Crippen LogP) is 5.04. The van der Waals surface area contributed by atoms with Crippen molar-refractivity contribution in [3.8, 4) is 6.07 Å². The van der Waals surface area contributed by atoms with Gasteiger partial charge in [0.15, 0.2) is 0 Å². The minimum Gasteiger partial charge on any atom is -0.256 e. The molecule has 3 rings (SSSR count). The van der Waals surface area contributed by atoms with Gasteiger partial charge in [-0.2, -0.15) is 5.26 Å². The van der Waals surface area contributed by atoms with Gasteiger partial charge in [-0.25, -0.2) is 0 Å². The molecule has 21 heavy (non-hydrogen) atoms. The van der Waals surface area contributed by atoms with Gasteiger partial charge in [-0.05, 0) is 54.0 Å². The van der Waals surface area contributed by atoms with E-state index in [1.165, 1.54) is 10.9 Å². The first kappa shape index (κ1) is 14.1. The second-order valence-electron chi connectivity index (χ2n) is 5.66. The van der Waals surface area contributed by atoms with Crippen LogP contribution in [0.4, 0.5) is 0 Å². The van der Waals surface area contributed by atoms with Crippen molar-refractivity contribution >= 4 is 28.1 Å². The fourth-order valence-electron chi connectivity index (χ4n) is 2.91. The van der Waals surface area contributed by atoms with Crippen LogP contribution < -0.4 is 0 Å². The summed E-state index contributed by atoms with van der Waals surface area (Å²) in [5.74, 6) is 0.517. The van der Waals surface area contributed by atoms with Crippen LogP contribution in [-0.2, 0) is 0 Å². The number of fused-ring (bicyclic) bond motifs is 1. The summed E-state index contributed by atoms with van der Waals surface area (Å²) in [5, 5.41) is 10.2. The zero-order valence-corrected chi connectivity index (χ0v) is 12.6. The maximum absolute atomic E-state index is 8.73. The van der Waals surface area contributed by atoms with Gasteiger partial charge < -0.3 is 0 Å². The third-order valence-corrected chi connectivity index (χ3v) is 4.58. The lowest BCUT2D eigenvalue weighted by Gasteiger charge is -2.32. The molecule has 0 amide bonds. The monoisotopic (exact) mass is 296 g/mol. The number of allylic oxidation sites excluding steroid dienone is 1. The van der Waals surface area contributed by atoms with E-state index in [9.17, 15) is 0 Å². The average molecular weight is 297 g/mol. The molecule has 0 atom stereocenters. The molecule has 2 aromatic rings. The first-order valence-corrected chi connectivity index (χ1v) is 7.70. The summed E-state index contributed by atoms with van der Waals surface area (Å²) in [7, 11) is 0. The minimum atomic E-state index is 0.298. The van der Waals surface area contributed by atoms with Crippen LogP contribution in [0.1, 0.15) is 42.7 Å². The molecule has 0 unspecified atom stereocenters. The summed E-state index contributed by atoms with van der Waals surface area (Å²) >= 11 is 6.15. The molecule has 0 bridgehead atoms. The Bertz CT molecular complexity index is 724. The number of pyridine rings is 1. The van der Waals surface area contributed by atoms with Crippen LogP contribution in [0.15, 0.2) is 37.0 Å². The van der Waals surface area contributed by atoms with Gasteiger partial charge in [0.25, 0.3) is 0 Å². The maximum Gasteiger partial charge on any atom is 0.0710 e. The van der Waals surface area contributed by atoms with Crippen molar-refractivity contribution in [3.63, 3.8) is 0 Å². The van der Waals surface area contributed by atoms with E-state index < -0.39 is 0 Å². The minimum absolute atomic E-state index is 0.298. The lowest BCUT2D eigenvalue weighted by molar-refractivity contribution is 0.431. The smallest absolute Gasteiger partial charge is 0.0710 e. The Labute approximate surface area is 130 Å². The van der Waals surface area contributed by atoms with Crippen molar-refractivity contribution in [1.29, 1.82) is 5.26 Å². The number of aromatic nitrogens is 1. The van der Waals surface area contributed by atoms with E-state index in [-0.39, 0.29) is 0 Å². The zero-order valence-electron chi connectivity index (χ0n) is 11.8. The number of benzene rings is 1. The second kappa shape index (κ2) is 5.87. The molecule has 0 spiro atoms. The molecule has 1 saturated carbocycles. The largest absolute Gasteiger partial charge is 0.256 e. The van der Waals surface area contributed by atoms with Crippen LogP contribution in [0, 0.1) is 11.3 Å². The van der Waals surface area contributed by atoms with E-state index in [0.29, 0.717) is 24.1 Å². The first-order valence-electron chi connectivity index (χ1n) is 7.27. The molecule has 106 valence electrons.